The van der Waals surface area contributed by atoms with Crippen LogP contribution >= 0.6 is 0 Å². The molecule has 1 aliphatic carbocycles. The standard InChI is InChI=1S/C11H14N4/c1-11(3-2-4-11)7-15-10-9(6-14-15)5-12-8-13-10/h5-6,8H,2-4,7H2,1H3. The minimum Gasteiger partial charge on any atom is -0.247 e. The van der Waals surface area contributed by atoms with Crippen molar-refractivity contribution in [2.45, 2.75) is 32.7 Å². The fraction of sp³-hybridized carbons (Fsp3) is 0.545. The van der Waals surface area contributed by atoms with Crippen LogP contribution in [0.15, 0.2) is 18.7 Å². The molecule has 1 fully saturated rings. The Morgan fingerprint density at radius 1 is 1.40 bits per heavy atom. The zero-order valence-corrected chi connectivity index (χ0v) is 8.85. The molecule has 2 aromatic rings. The summed E-state index contributed by atoms with van der Waals surface area (Å²) in [6.45, 7) is 3.30. The van der Waals surface area contributed by atoms with Crippen molar-refractivity contribution in [3.8, 4) is 0 Å². The molecule has 0 unspecified atom stereocenters. The Morgan fingerprint density at radius 3 is 3.00 bits per heavy atom. The van der Waals surface area contributed by atoms with Gasteiger partial charge in [-0.3, -0.25) is 0 Å². The first-order valence-corrected chi connectivity index (χ1v) is 5.38. The van der Waals surface area contributed by atoms with Crippen molar-refractivity contribution >= 4 is 11.0 Å². The molecule has 0 radical (unpaired) electrons. The van der Waals surface area contributed by atoms with E-state index in [0.29, 0.717) is 5.41 Å². The van der Waals surface area contributed by atoms with E-state index in [4.69, 9.17) is 0 Å². The van der Waals surface area contributed by atoms with Crippen LogP contribution in [0.2, 0.25) is 0 Å². The van der Waals surface area contributed by atoms with Gasteiger partial charge in [0.2, 0.25) is 0 Å². The predicted molar refractivity (Wildman–Crippen MR) is 57.3 cm³/mol. The third-order valence-corrected chi connectivity index (χ3v) is 3.39. The molecule has 2 heterocycles. The van der Waals surface area contributed by atoms with Crippen LogP contribution in [0.25, 0.3) is 11.0 Å². The average molecular weight is 202 g/mol. The molecule has 15 heavy (non-hydrogen) atoms. The Labute approximate surface area is 88.3 Å². The summed E-state index contributed by atoms with van der Waals surface area (Å²) in [5, 5.41) is 5.40. The van der Waals surface area contributed by atoms with Crippen LogP contribution in [0.4, 0.5) is 0 Å². The fourth-order valence-corrected chi connectivity index (χ4v) is 2.24. The summed E-state index contributed by atoms with van der Waals surface area (Å²) >= 11 is 0. The van der Waals surface area contributed by atoms with Gasteiger partial charge in [0, 0.05) is 12.7 Å². The molecule has 0 amide bonds. The van der Waals surface area contributed by atoms with Gasteiger partial charge in [-0.1, -0.05) is 13.3 Å². The largest absolute Gasteiger partial charge is 0.247 e. The molecule has 0 bridgehead atoms. The van der Waals surface area contributed by atoms with E-state index in [1.165, 1.54) is 19.3 Å². The molecular weight excluding hydrogens is 188 g/mol. The first kappa shape index (κ1) is 8.83. The smallest absolute Gasteiger partial charge is 0.161 e. The van der Waals surface area contributed by atoms with E-state index in [1.54, 1.807) is 6.33 Å². The van der Waals surface area contributed by atoms with Crippen LogP contribution < -0.4 is 0 Å². The van der Waals surface area contributed by atoms with Crippen LogP contribution in [-0.2, 0) is 6.54 Å². The van der Waals surface area contributed by atoms with Crippen molar-refractivity contribution in [2.24, 2.45) is 5.41 Å². The second kappa shape index (κ2) is 3.02. The van der Waals surface area contributed by atoms with Crippen LogP contribution in [0.1, 0.15) is 26.2 Å². The Bertz CT molecular complexity index is 484. The molecule has 0 N–H and O–H groups in total. The molecule has 4 nitrogen and oxygen atoms in total. The highest BCUT2D eigenvalue weighted by atomic mass is 15.3. The van der Waals surface area contributed by atoms with Crippen molar-refractivity contribution in [3.63, 3.8) is 0 Å². The lowest BCUT2D eigenvalue weighted by Gasteiger charge is -2.38. The Morgan fingerprint density at radius 2 is 2.27 bits per heavy atom. The summed E-state index contributed by atoms with van der Waals surface area (Å²) in [6.07, 6.45) is 9.21. The third kappa shape index (κ3) is 1.40. The van der Waals surface area contributed by atoms with Crippen LogP contribution in [0.3, 0.4) is 0 Å². The molecule has 3 rings (SSSR count). The molecule has 2 aromatic heterocycles. The predicted octanol–water partition coefficient (Wildman–Crippen LogP) is 2.02. The number of hydrogen-bond acceptors (Lipinski definition) is 3. The highest BCUT2D eigenvalue weighted by molar-refractivity contribution is 5.72. The molecule has 0 atom stereocenters. The second-order valence-electron chi connectivity index (χ2n) is 4.77. The SMILES string of the molecule is CC1(Cn2ncc3cncnc32)CCC1. The van der Waals surface area contributed by atoms with E-state index in [-0.39, 0.29) is 0 Å². The zero-order valence-electron chi connectivity index (χ0n) is 8.85. The van der Waals surface area contributed by atoms with Gasteiger partial charge >= 0.3 is 0 Å². The van der Waals surface area contributed by atoms with E-state index in [0.717, 1.165) is 17.6 Å². The van der Waals surface area contributed by atoms with E-state index >= 15 is 0 Å². The van der Waals surface area contributed by atoms with Crippen molar-refractivity contribution < 1.29 is 0 Å². The maximum Gasteiger partial charge on any atom is 0.161 e. The quantitative estimate of drug-likeness (QED) is 0.748. The number of hydrogen-bond donors (Lipinski definition) is 0. The van der Waals surface area contributed by atoms with Gasteiger partial charge in [0.1, 0.15) is 6.33 Å². The van der Waals surface area contributed by atoms with Gasteiger partial charge in [-0.05, 0) is 18.3 Å². The number of nitrogens with zero attached hydrogens (tertiary/aromatic N) is 4. The van der Waals surface area contributed by atoms with E-state index < -0.39 is 0 Å². The maximum atomic E-state index is 4.38. The van der Waals surface area contributed by atoms with Gasteiger partial charge in [0.15, 0.2) is 5.65 Å². The summed E-state index contributed by atoms with van der Waals surface area (Å²) in [4.78, 5) is 8.27. The van der Waals surface area contributed by atoms with Crippen molar-refractivity contribution in [1.82, 2.24) is 19.7 Å². The monoisotopic (exact) mass is 202 g/mol. The van der Waals surface area contributed by atoms with Crippen LogP contribution in [0.5, 0.6) is 0 Å². The lowest BCUT2D eigenvalue weighted by atomic mass is 9.70. The van der Waals surface area contributed by atoms with Gasteiger partial charge in [0.25, 0.3) is 0 Å². The maximum absolute atomic E-state index is 4.38. The molecule has 0 spiro atoms. The minimum atomic E-state index is 0.434. The van der Waals surface area contributed by atoms with Crippen molar-refractivity contribution in [2.75, 3.05) is 0 Å². The second-order valence-corrected chi connectivity index (χ2v) is 4.77. The van der Waals surface area contributed by atoms with Crippen molar-refractivity contribution in [3.05, 3.63) is 18.7 Å². The van der Waals surface area contributed by atoms with Gasteiger partial charge in [-0.2, -0.15) is 5.10 Å². The third-order valence-electron chi connectivity index (χ3n) is 3.39. The summed E-state index contributed by atoms with van der Waals surface area (Å²) in [6, 6.07) is 0. The molecule has 0 saturated heterocycles. The minimum absolute atomic E-state index is 0.434. The Balaban J connectivity index is 1.97. The molecule has 0 aromatic carbocycles. The topological polar surface area (TPSA) is 43.6 Å². The van der Waals surface area contributed by atoms with E-state index in [2.05, 4.69) is 22.0 Å². The van der Waals surface area contributed by atoms with E-state index in [9.17, 15) is 0 Å². The highest BCUT2D eigenvalue weighted by Gasteiger charge is 2.32. The molecule has 78 valence electrons. The van der Waals surface area contributed by atoms with Crippen LogP contribution in [-0.4, -0.2) is 19.7 Å². The molecule has 4 heteroatoms. The normalized spacial score (nSPS) is 19.0. The molecule has 1 aliphatic rings. The summed E-state index contributed by atoms with van der Waals surface area (Å²) in [7, 11) is 0. The summed E-state index contributed by atoms with van der Waals surface area (Å²) in [5.74, 6) is 0. The Hall–Kier alpha value is -1.45. The number of rotatable bonds is 2. The average Bonchev–Trinajstić information content (AvgIpc) is 2.60. The van der Waals surface area contributed by atoms with E-state index in [1.807, 2.05) is 17.1 Å². The summed E-state index contributed by atoms with van der Waals surface area (Å²) < 4.78 is 2.01. The Kier molecular flexibility index (Phi) is 1.78. The van der Waals surface area contributed by atoms with Gasteiger partial charge in [-0.15, -0.1) is 0 Å². The number of fused-ring (bicyclic) bond motifs is 1. The molecular formula is C11H14N4. The van der Waals surface area contributed by atoms with Crippen LogP contribution in [0, 0.1) is 5.41 Å². The fourth-order valence-electron chi connectivity index (χ4n) is 2.24. The lowest BCUT2D eigenvalue weighted by molar-refractivity contribution is 0.128. The van der Waals surface area contributed by atoms with Gasteiger partial charge in [0.05, 0.1) is 11.6 Å². The lowest BCUT2D eigenvalue weighted by Crippen LogP contribution is -2.31. The molecule has 1 saturated carbocycles. The first-order chi connectivity index (χ1) is 7.27. The first-order valence-electron chi connectivity index (χ1n) is 5.38. The number of aromatic nitrogens is 4. The summed E-state index contributed by atoms with van der Waals surface area (Å²) in [5.41, 5.74) is 1.39. The molecule has 0 aliphatic heterocycles. The van der Waals surface area contributed by atoms with Gasteiger partial charge in [-0.25, -0.2) is 14.6 Å². The van der Waals surface area contributed by atoms with Gasteiger partial charge < -0.3 is 0 Å². The zero-order chi connectivity index (χ0) is 10.3. The highest BCUT2D eigenvalue weighted by Crippen LogP contribution is 2.41. The van der Waals surface area contributed by atoms with Crippen molar-refractivity contribution in [1.29, 1.82) is 0 Å².